The Morgan fingerprint density at radius 3 is 2.50 bits per heavy atom. The van der Waals surface area contributed by atoms with Crippen LogP contribution in [0.5, 0.6) is 0 Å². The van der Waals surface area contributed by atoms with Crippen molar-refractivity contribution in [3.63, 3.8) is 0 Å². The largest absolute Gasteiger partial charge is 0.393 e. The molecule has 0 spiro atoms. The van der Waals surface area contributed by atoms with Gasteiger partial charge in [0.05, 0.1) is 6.10 Å². The molecule has 0 amide bonds. The van der Waals surface area contributed by atoms with Gasteiger partial charge in [0, 0.05) is 5.92 Å². The molecule has 4 atom stereocenters. The second-order valence-electron chi connectivity index (χ2n) is 9.99. The predicted molar refractivity (Wildman–Crippen MR) is 121 cm³/mol. The molecule has 1 heteroatoms. The van der Waals surface area contributed by atoms with Crippen LogP contribution in [0.15, 0.2) is 23.3 Å². The Morgan fingerprint density at radius 2 is 1.82 bits per heavy atom. The molecule has 0 aromatic rings. The van der Waals surface area contributed by atoms with Crippen molar-refractivity contribution in [2.75, 3.05) is 0 Å². The highest BCUT2D eigenvalue weighted by Gasteiger charge is 2.36. The van der Waals surface area contributed by atoms with Crippen LogP contribution in [-0.2, 0) is 0 Å². The van der Waals surface area contributed by atoms with Crippen molar-refractivity contribution < 1.29 is 5.11 Å². The molecule has 160 valence electrons. The molecule has 28 heavy (non-hydrogen) atoms. The first kappa shape index (κ1) is 22.1. The summed E-state index contributed by atoms with van der Waals surface area (Å²) in [4.78, 5) is 0. The molecule has 1 nitrogen and oxygen atoms in total. The number of allylic oxidation sites excluding steroid dienone is 3. The third-order valence-electron chi connectivity index (χ3n) is 8.21. The fourth-order valence-electron chi connectivity index (χ4n) is 6.62. The van der Waals surface area contributed by atoms with Crippen LogP contribution >= 0.6 is 0 Å². The van der Waals surface area contributed by atoms with Crippen molar-refractivity contribution in [2.24, 2.45) is 23.7 Å². The van der Waals surface area contributed by atoms with Crippen molar-refractivity contribution in [3.05, 3.63) is 23.3 Å². The highest BCUT2D eigenvalue weighted by Crippen LogP contribution is 2.47. The minimum Gasteiger partial charge on any atom is -0.393 e. The summed E-state index contributed by atoms with van der Waals surface area (Å²) in [5, 5.41) is 11.1. The number of hydrogen-bond donors (Lipinski definition) is 1. The van der Waals surface area contributed by atoms with Crippen LogP contribution in [0.1, 0.15) is 117 Å². The predicted octanol–water partition coefficient (Wildman–Crippen LogP) is 7.99. The Labute approximate surface area is 175 Å². The van der Waals surface area contributed by atoms with Crippen LogP contribution in [0.4, 0.5) is 0 Å². The molecule has 0 radical (unpaired) electrons. The quantitative estimate of drug-likeness (QED) is 0.282. The van der Waals surface area contributed by atoms with Gasteiger partial charge >= 0.3 is 0 Å². The van der Waals surface area contributed by atoms with E-state index in [0.29, 0.717) is 5.92 Å². The van der Waals surface area contributed by atoms with Gasteiger partial charge in [0.25, 0.3) is 0 Å². The first-order valence-electron chi connectivity index (χ1n) is 12.8. The maximum atomic E-state index is 11.1. The molecule has 1 fully saturated rings. The summed E-state index contributed by atoms with van der Waals surface area (Å²) in [6.45, 7) is 4.68. The molecule has 1 saturated carbocycles. The van der Waals surface area contributed by atoms with E-state index in [9.17, 15) is 5.11 Å². The molecule has 1 N–H and O–H groups in total. The van der Waals surface area contributed by atoms with E-state index >= 15 is 0 Å². The number of hydrogen-bond acceptors (Lipinski definition) is 1. The summed E-state index contributed by atoms with van der Waals surface area (Å²) in [6.07, 6.45) is 25.7. The van der Waals surface area contributed by atoms with Gasteiger partial charge < -0.3 is 5.11 Å². The average Bonchev–Trinajstić information content (AvgIpc) is 3.40. The van der Waals surface area contributed by atoms with Gasteiger partial charge in [0.15, 0.2) is 0 Å². The lowest BCUT2D eigenvalue weighted by Crippen LogP contribution is -2.22. The van der Waals surface area contributed by atoms with Crippen LogP contribution in [0.2, 0.25) is 0 Å². The van der Waals surface area contributed by atoms with Crippen molar-refractivity contribution in [2.45, 2.75) is 123 Å². The minimum absolute atomic E-state index is 0.0989. The first-order valence-corrected chi connectivity index (χ1v) is 12.8. The van der Waals surface area contributed by atoms with Gasteiger partial charge in [-0.25, -0.2) is 0 Å². The molecular weight excluding hydrogens is 340 g/mol. The first-order chi connectivity index (χ1) is 13.7. The summed E-state index contributed by atoms with van der Waals surface area (Å²) in [5.41, 5.74) is 3.50. The van der Waals surface area contributed by atoms with Crippen LogP contribution in [-0.4, -0.2) is 11.2 Å². The molecule has 3 aliphatic carbocycles. The average molecular weight is 387 g/mol. The second-order valence-corrected chi connectivity index (χ2v) is 9.99. The van der Waals surface area contributed by atoms with Crippen molar-refractivity contribution in [1.29, 1.82) is 0 Å². The fraction of sp³-hybridized carbons (Fsp3) is 0.852. The molecule has 4 unspecified atom stereocenters. The standard InChI is InChI=1S/C27H46O/c1-3-5-7-16-24(22-14-10-11-15-22)25-18-19-26(23(25)4-2)27(28)20-17-21-12-8-6-9-13-21/h6,8,21-22,24,26-28H,3-5,7,9-20H2,1-2H3. The van der Waals surface area contributed by atoms with E-state index in [2.05, 4.69) is 26.0 Å². The monoisotopic (exact) mass is 386 g/mol. The Morgan fingerprint density at radius 1 is 1.00 bits per heavy atom. The summed E-state index contributed by atoms with van der Waals surface area (Å²) >= 11 is 0. The van der Waals surface area contributed by atoms with Gasteiger partial charge in [-0.15, -0.1) is 0 Å². The van der Waals surface area contributed by atoms with Gasteiger partial charge in [-0.3, -0.25) is 0 Å². The van der Waals surface area contributed by atoms with Crippen LogP contribution < -0.4 is 0 Å². The van der Waals surface area contributed by atoms with E-state index in [1.807, 2.05) is 5.57 Å². The zero-order chi connectivity index (χ0) is 19.8. The van der Waals surface area contributed by atoms with Crippen LogP contribution in [0.3, 0.4) is 0 Å². The summed E-state index contributed by atoms with van der Waals surface area (Å²) < 4.78 is 0. The van der Waals surface area contributed by atoms with E-state index in [0.717, 1.165) is 24.2 Å². The minimum atomic E-state index is -0.0989. The zero-order valence-corrected chi connectivity index (χ0v) is 18.8. The molecule has 0 bridgehead atoms. The summed E-state index contributed by atoms with van der Waals surface area (Å²) in [5.74, 6) is 3.06. The second kappa shape index (κ2) is 11.6. The maximum absolute atomic E-state index is 11.1. The van der Waals surface area contributed by atoms with E-state index in [4.69, 9.17) is 0 Å². The van der Waals surface area contributed by atoms with Crippen LogP contribution in [0.25, 0.3) is 0 Å². The fourth-order valence-corrected chi connectivity index (χ4v) is 6.62. The Balaban J connectivity index is 1.64. The van der Waals surface area contributed by atoms with Gasteiger partial charge in [-0.2, -0.15) is 0 Å². The topological polar surface area (TPSA) is 20.2 Å². The van der Waals surface area contributed by atoms with Crippen molar-refractivity contribution in [1.82, 2.24) is 0 Å². The van der Waals surface area contributed by atoms with Gasteiger partial charge in [0.2, 0.25) is 0 Å². The molecule has 0 heterocycles. The van der Waals surface area contributed by atoms with Gasteiger partial charge in [-0.1, -0.05) is 69.2 Å². The molecule has 0 aromatic carbocycles. The lowest BCUT2D eigenvalue weighted by Gasteiger charge is -2.28. The highest BCUT2D eigenvalue weighted by atomic mass is 16.3. The van der Waals surface area contributed by atoms with Gasteiger partial charge in [0.1, 0.15) is 0 Å². The summed E-state index contributed by atoms with van der Waals surface area (Å²) in [7, 11) is 0. The lowest BCUT2D eigenvalue weighted by atomic mass is 9.78. The number of aliphatic hydroxyl groups is 1. The number of aliphatic hydroxyl groups excluding tert-OH is 1. The maximum Gasteiger partial charge on any atom is 0.0605 e. The third kappa shape index (κ3) is 5.74. The van der Waals surface area contributed by atoms with E-state index in [-0.39, 0.29) is 6.10 Å². The Bertz CT molecular complexity index is 510. The van der Waals surface area contributed by atoms with Gasteiger partial charge in [-0.05, 0) is 88.4 Å². The van der Waals surface area contributed by atoms with E-state index in [1.165, 1.54) is 96.3 Å². The highest BCUT2D eigenvalue weighted by molar-refractivity contribution is 5.27. The molecule has 0 saturated heterocycles. The Hall–Kier alpha value is -0.560. The number of unbranched alkanes of at least 4 members (excludes halogenated alkanes) is 2. The Kier molecular flexibility index (Phi) is 9.15. The van der Waals surface area contributed by atoms with Crippen molar-refractivity contribution >= 4 is 0 Å². The number of rotatable bonds is 11. The molecule has 0 aliphatic heterocycles. The zero-order valence-electron chi connectivity index (χ0n) is 18.8. The molecule has 0 aromatic heterocycles. The van der Waals surface area contributed by atoms with E-state index in [1.54, 1.807) is 5.57 Å². The third-order valence-corrected chi connectivity index (χ3v) is 8.21. The SMILES string of the molecule is CCCCCC(C1=C(CC)C(C(O)CCC2CC=CCC2)CC1)C1CCCC1. The van der Waals surface area contributed by atoms with E-state index < -0.39 is 0 Å². The normalized spacial score (nSPS) is 28.2. The lowest BCUT2D eigenvalue weighted by molar-refractivity contribution is 0.106. The smallest absolute Gasteiger partial charge is 0.0605 e. The molecule has 3 aliphatic rings. The molecular formula is C27H46O. The van der Waals surface area contributed by atoms with Crippen molar-refractivity contribution in [3.8, 4) is 0 Å². The molecule has 3 rings (SSSR count). The summed E-state index contributed by atoms with van der Waals surface area (Å²) in [6, 6.07) is 0. The van der Waals surface area contributed by atoms with Crippen LogP contribution in [0, 0.1) is 23.7 Å².